The van der Waals surface area contributed by atoms with E-state index in [1.807, 2.05) is 0 Å². The molecular formula is C4H8Cl2N2O2. The molecule has 0 amide bonds. The van der Waals surface area contributed by atoms with Crippen LogP contribution in [0.4, 0.5) is 0 Å². The summed E-state index contributed by atoms with van der Waals surface area (Å²) >= 11 is 9.53. The Morgan fingerprint density at radius 2 is 1.10 bits per heavy atom. The molecule has 10 heavy (non-hydrogen) atoms. The molecular weight excluding hydrogens is 179 g/mol. The van der Waals surface area contributed by atoms with Crippen molar-refractivity contribution in [2.24, 2.45) is 0 Å². The number of hydrogen-bond donors (Lipinski definition) is 2. The van der Waals surface area contributed by atoms with E-state index in [1.165, 1.54) is 0 Å². The molecule has 0 radical (unpaired) electrons. The van der Waals surface area contributed by atoms with Crippen LogP contribution in [0.1, 0.15) is 7.43 Å². The third kappa shape index (κ3) is 677. The average molecular weight is 187 g/mol. The second-order valence-electron chi connectivity index (χ2n) is 0.305. The normalized spacial score (nSPS) is 3.40. The predicted molar refractivity (Wildman–Crippen MR) is 40.1 cm³/mol. The molecule has 0 bridgehead atoms. The lowest BCUT2D eigenvalue weighted by Crippen LogP contribution is -1.24. The lowest BCUT2D eigenvalue weighted by molar-refractivity contribution is 0.562. The van der Waals surface area contributed by atoms with Crippen LogP contribution in [-0.4, -0.2) is 17.5 Å². The zero-order valence-electron chi connectivity index (χ0n) is 4.28. The molecule has 0 unspecified atom stereocenters. The van der Waals surface area contributed by atoms with E-state index in [1.54, 1.807) is 0 Å². The standard InChI is InChI=1S/CH2Cl2.2CHNO.CH4/c3*2-1-3;/h1H2;2*2H;1H4. The first-order valence-corrected chi connectivity index (χ1v) is 2.51. The van der Waals surface area contributed by atoms with Crippen molar-refractivity contribution in [2.75, 3.05) is 5.34 Å². The van der Waals surface area contributed by atoms with Crippen LogP contribution in [0.2, 0.25) is 0 Å². The number of carbonyl (C=O) groups excluding carboxylic acids is 2. The summed E-state index contributed by atoms with van der Waals surface area (Å²) in [5, 5.41) is 11.0. The summed E-state index contributed by atoms with van der Waals surface area (Å²) in [4.78, 5) is 16.7. The lowest BCUT2D eigenvalue weighted by Gasteiger charge is -1.42. The van der Waals surface area contributed by atoms with Crippen molar-refractivity contribution in [3.8, 4) is 0 Å². The molecule has 0 fully saturated rings. The minimum absolute atomic E-state index is 0. The topological polar surface area (TPSA) is 81.8 Å². The number of nitrogens with one attached hydrogen (secondary N) is 2. The van der Waals surface area contributed by atoms with Gasteiger partial charge in [0.1, 0.15) is 0 Å². The van der Waals surface area contributed by atoms with Gasteiger partial charge in [0.25, 0.3) is 0 Å². The van der Waals surface area contributed by atoms with Crippen LogP contribution >= 0.6 is 23.2 Å². The van der Waals surface area contributed by atoms with Crippen molar-refractivity contribution in [1.82, 2.24) is 0 Å². The monoisotopic (exact) mass is 186 g/mol. The Morgan fingerprint density at radius 1 is 1.10 bits per heavy atom. The molecule has 4 nitrogen and oxygen atoms in total. The third-order valence-electron chi connectivity index (χ3n) is 0. The number of hydrogen-bond acceptors (Lipinski definition) is 4. The van der Waals surface area contributed by atoms with Crippen LogP contribution in [-0.2, 0) is 9.59 Å². The predicted octanol–water partition coefficient (Wildman–Crippen LogP) is 1.86. The van der Waals surface area contributed by atoms with Gasteiger partial charge in [-0.05, 0) is 0 Å². The molecule has 2 N–H and O–H groups in total. The molecule has 6 heteroatoms. The molecule has 0 aromatic heterocycles. The maximum absolute atomic E-state index is 8.35. The minimum Gasteiger partial charge on any atom is -0.222 e. The minimum atomic E-state index is 0. The van der Waals surface area contributed by atoms with Gasteiger partial charge in [-0.3, -0.25) is 0 Å². The van der Waals surface area contributed by atoms with Gasteiger partial charge in [0.05, 0.1) is 5.34 Å². The SMILES string of the molecule is C.ClCCl.N=C=O.N=C=O. The van der Waals surface area contributed by atoms with Crippen molar-refractivity contribution in [2.45, 2.75) is 7.43 Å². The maximum atomic E-state index is 8.35. The quantitative estimate of drug-likeness (QED) is 0.344. The molecule has 0 aliphatic rings. The zero-order valence-corrected chi connectivity index (χ0v) is 5.79. The van der Waals surface area contributed by atoms with Crippen molar-refractivity contribution in [1.29, 1.82) is 10.8 Å². The smallest absolute Gasteiger partial charge is 0.222 e. The summed E-state index contributed by atoms with van der Waals surface area (Å²) in [6.45, 7) is 0. The molecule has 0 aromatic rings. The van der Waals surface area contributed by atoms with Gasteiger partial charge in [-0.1, -0.05) is 7.43 Å². The summed E-state index contributed by atoms with van der Waals surface area (Å²) in [6, 6.07) is 0. The highest BCUT2D eigenvalue weighted by molar-refractivity contribution is 6.40. The van der Waals surface area contributed by atoms with Gasteiger partial charge in [0, 0.05) is 0 Å². The molecule has 0 atom stereocenters. The number of alkyl halides is 2. The zero-order chi connectivity index (χ0) is 8.12. The van der Waals surface area contributed by atoms with Crippen LogP contribution < -0.4 is 0 Å². The molecule has 0 spiro atoms. The van der Waals surface area contributed by atoms with Crippen LogP contribution in [0.15, 0.2) is 0 Å². The molecule has 60 valence electrons. The molecule has 0 rings (SSSR count). The van der Waals surface area contributed by atoms with Gasteiger partial charge < -0.3 is 0 Å². The second kappa shape index (κ2) is 82.1. The fourth-order valence-corrected chi connectivity index (χ4v) is 0. The van der Waals surface area contributed by atoms with Crippen LogP contribution in [0.25, 0.3) is 0 Å². The summed E-state index contributed by atoms with van der Waals surface area (Å²) in [5.74, 6) is 0. The Bertz CT molecular complexity index is 83.4. The van der Waals surface area contributed by atoms with Gasteiger partial charge in [-0.2, -0.15) is 0 Å². The lowest BCUT2D eigenvalue weighted by atomic mass is 11.7. The Morgan fingerprint density at radius 3 is 1.10 bits per heavy atom. The highest BCUT2D eigenvalue weighted by Gasteiger charge is 1.41. The Balaban J connectivity index is -0.0000000257. The van der Waals surface area contributed by atoms with Gasteiger partial charge in [0.15, 0.2) is 0 Å². The number of halogens is 2. The Kier molecular flexibility index (Phi) is 187. The number of isocyanates is 2. The van der Waals surface area contributed by atoms with E-state index < -0.39 is 0 Å². The fraction of sp³-hybridized carbons (Fsp3) is 0.500. The molecule has 0 aliphatic carbocycles. The maximum Gasteiger partial charge on any atom is 0.231 e. The third-order valence-corrected chi connectivity index (χ3v) is 0. The Hall–Kier alpha value is -0.660. The van der Waals surface area contributed by atoms with Gasteiger partial charge in [-0.25, -0.2) is 20.4 Å². The van der Waals surface area contributed by atoms with Gasteiger partial charge in [-0.15, -0.1) is 23.2 Å². The van der Waals surface area contributed by atoms with Crippen molar-refractivity contribution < 1.29 is 9.59 Å². The highest BCUT2D eigenvalue weighted by Crippen LogP contribution is 1.73. The van der Waals surface area contributed by atoms with E-state index in [4.69, 9.17) is 43.6 Å². The Labute approximate surface area is 69.2 Å². The van der Waals surface area contributed by atoms with Crippen LogP contribution in [0.5, 0.6) is 0 Å². The molecule has 0 heterocycles. The van der Waals surface area contributed by atoms with Crippen molar-refractivity contribution in [3.05, 3.63) is 0 Å². The summed E-state index contributed by atoms with van der Waals surface area (Å²) in [7, 11) is 0. The summed E-state index contributed by atoms with van der Waals surface area (Å²) < 4.78 is 0. The second-order valence-corrected chi connectivity index (χ2v) is 1.11. The van der Waals surface area contributed by atoms with E-state index in [0.717, 1.165) is 12.2 Å². The molecule has 0 saturated carbocycles. The molecule has 0 aromatic carbocycles. The van der Waals surface area contributed by atoms with E-state index in [0.29, 0.717) is 0 Å². The first-order valence-electron chi connectivity index (χ1n) is 1.44. The largest absolute Gasteiger partial charge is 0.231 e. The van der Waals surface area contributed by atoms with Gasteiger partial charge in [0.2, 0.25) is 12.2 Å². The van der Waals surface area contributed by atoms with E-state index in [2.05, 4.69) is 0 Å². The summed E-state index contributed by atoms with van der Waals surface area (Å²) in [5.41, 5.74) is 0. The van der Waals surface area contributed by atoms with E-state index >= 15 is 0 Å². The highest BCUT2D eigenvalue weighted by atomic mass is 35.5. The van der Waals surface area contributed by atoms with E-state index in [-0.39, 0.29) is 12.8 Å². The van der Waals surface area contributed by atoms with E-state index in [9.17, 15) is 0 Å². The van der Waals surface area contributed by atoms with Crippen molar-refractivity contribution in [3.63, 3.8) is 0 Å². The molecule has 0 aliphatic heterocycles. The number of rotatable bonds is 0. The van der Waals surface area contributed by atoms with Gasteiger partial charge >= 0.3 is 0 Å². The van der Waals surface area contributed by atoms with Crippen LogP contribution in [0.3, 0.4) is 0 Å². The van der Waals surface area contributed by atoms with Crippen molar-refractivity contribution >= 4 is 35.4 Å². The summed E-state index contributed by atoms with van der Waals surface area (Å²) in [6.07, 6.45) is 1.50. The molecule has 0 saturated heterocycles. The van der Waals surface area contributed by atoms with Crippen LogP contribution in [0, 0.1) is 10.8 Å². The first kappa shape index (κ1) is 22.8. The first-order chi connectivity index (χ1) is 4.24. The fourth-order valence-electron chi connectivity index (χ4n) is 0. The average Bonchev–Trinajstić information content (AvgIpc) is 1.70.